The minimum atomic E-state index is -3.29. The first-order valence-electron chi connectivity index (χ1n) is 9.74. The third kappa shape index (κ3) is 4.81. The predicted molar refractivity (Wildman–Crippen MR) is 124 cm³/mol. The number of rotatable bonds is 6. The highest BCUT2D eigenvalue weighted by Crippen LogP contribution is 2.24. The zero-order valence-corrected chi connectivity index (χ0v) is 19.4. The van der Waals surface area contributed by atoms with Crippen LogP contribution < -0.4 is 5.32 Å². The Kier molecular flexibility index (Phi) is 5.98. The maximum absolute atomic E-state index is 12.9. The molecule has 10 heteroatoms. The number of sulfone groups is 1. The molecule has 8 nitrogen and oxygen atoms in total. The average molecular weight is 468 g/mol. The first kappa shape index (κ1) is 22.0. The molecule has 1 N–H and O–H groups in total. The van der Waals surface area contributed by atoms with Crippen molar-refractivity contribution in [3.05, 3.63) is 77.1 Å². The van der Waals surface area contributed by atoms with E-state index in [2.05, 4.69) is 20.4 Å². The number of nitrogens with zero attached hydrogens (tertiary/aromatic N) is 4. The summed E-state index contributed by atoms with van der Waals surface area (Å²) < 4.78 is 24.9. The van der Waals surface area contributed by atoms with Gasteiger partial charge in [0.15, 0.2) is 9.84 Å². The monoisotopic (exact) mass is 467 g/mol. The zero-order valence-electron chi connectivity index (χ0n) is 17.7. The van der Waals surface area contributed by atoms with Gasteiger partial charge in [-0.25, -0.2) is 17.9 Å². The van der Waals surface area contributed by atoms with Gasteiger partial charge in [-0.15, -0.1) is 5.10 Å². The molecule has 2 aromatic carbocycles. The molecule has 2 aromatic heterocycles. The zero-order chi connectivity index (χ0) is 22.9. The van der Waals surface area contributed by atoms with Crippen molar-refractivity contribution in [2.45, 2.75) is 29.7 Å². The molecule has 0 fully saturated rings. The van der Waals surface area contributed by atoms with Gasteiger partial charge in [0, 0.05) is 34.6 Å². The van der Waals surface area contributed by atoms with E-state index in [9.17, 15) is 13.2 Å². The topological polar surface area (TPSA) is 106 Å². The molecule has 0 spiro atoms. The number of thioether (sulfide) groups is 1. The number of nitrogens with one attached hydrogen (secondary N) is 1. The summed E-state index contributed by atoms with van der Waals surface area (Å²) in [7, 11) is -3.29. The lowest BCUT2D eigenvalue weighted by molar-refractivity contribution is 0.102. The van der Waals surface area contributed by atoms with Crippen LogP contribution in [0.3, 0.4) is 0 Å². The van der Waals surface area contributed by atoms with Gasteiger partial charge in [-0.3, -0.25) is 4.79 Å². The van der Waals surface area contributed by atoms with Crippen molar-refractivity contribution in [3.8, 4) is 0 Å². The molecular formula is C22H21N5O3S2. The largest absolute Gasteiger partial charge is 0.322 e. The van der Waals surface area contributed by atoms with Gasteiger partial charge < -0.3 is 5.32 Å². The minimum Gasteiger partial charge on any atom is -0.322 e. The molecule has 0 radical (unpaired) electrons. The molecule has 0 saturated heterocycles. The number of aromatic nitrogens is 4. The van der Waals surface area contributed by atoms with Crippen molar-refractivity contribution in [2.75, 3.05) is 11.6 Å². The first-order chi connectivity index (χ1) is 15.2. The summed E-state index contributed by atoms with van der Waals surface area (Å²) in [4.78, 5) is 21.9. The summed E-state index contributed by atoms with van der Waals surface area (Å²) in [6.07, 6.45) is 1.14. The van der Waals surface area contributed by atoms with Gasteiger partial charge in [-0.2, -0.15) is 4.98 Å². The van der Waals surface area contributed by atoms with Gasteiger partial charge in [-0.1, -0.05) is 30.0 Å². The van der Waals surface area contributed by atoms with Crippen LogP contribution in [-0.4, -0.2) is 40.2 Å². The van der Waals surface area contributed by atoms with E-state index in [1.165, 1.54) is 23.9 Å². The third-order valence-electron chi connectivity index (χ3n) is 4.76. The van der Waals surface area contributed by atoms with Crippen LogP contribution in [0.2, 0.25) is 0 Å². The lowest BCUT2D eigenvalue weighted by Crippen LogP contribution is -2.14. The molecule has 0 aliphatic carbocycles. The molecule has 4 rings (SSSR count). The lowest BCUT2D eigenvalue weighted by Gasteiger charge is -2.10. The molecule has 0 unspecified atom stereocenters. The second-order valence-corrected chi connectivity index (χ2v) is 10.3. The van der Waals surface area contributed by atoms with Crippen molar-refractivity contribution in [2.24, 2.45) is 0 Å². The molecular weight excluding hydrogens is 446 g/mol. The Bertz CT molecular complexity index is 1410. The van der Waals surface area contributed by atoms with Gasteiger partial charge in [-0.05, 0) is 55.8 Å². The highest BCUT2D eigenvalue weighted by Gasteiger charge is 2.14. The lowest BCUT2D eigenvalue weighted by atomic mass is 10.1. The number of fused-ring (bicyclic) bond motifs is 1. The maximum Gasteiger partial charge on any atom is 0.255 e. The molecule has 1 amide bonds. The number of hydrogen-bond donors (Lipinski definition) is 1. The third-order valence-corrected chi connectivity index (χ3v) is 6.77. The summed E-state index contributed by atoms with van der Waals surface area (Å²) in [6, 6.07) is 15.3. The van der Waals surface area contributed by atoms with Crippen molar-refractivity contribution in [3.63, 3.8) is 0 Å². The first-order valence-corrected chi connectivity index (χ1v) is 12.6. The van der Waals surface area contributed by atoms with Gasteiger partial charge in [0.1, 0.15) is 0 Å². The normalized spacial score (nSPS) is 11.6. The maximum atomic E-state index is 12.9. The number of aryl methyl sites for hydroxylation is 2. The van der Waals surface area contributed by atoms with E-state index in [0.717, 1.165) is 23.2 Å². The number of benzene rings is 2. The van der Waals surface area contributed by atoms with Crippen LogP contribution in [0.15, 0.2) is 64.6 Å². The van der Waals surface area contributed by atoms with E-state index < -0.39 is 9.84 Å². The second-order valence-electron chi connectivity index (χ2n) is 7.34. The van der Waals surface area contributed by atoms with Crippen LogP contribution in [0.1, 0.15) is 27.3 Å². The SMILES string of the molecule is Cc1cc(C)n2nc(SCc3ccccc3C(=O)Nc3ccc(S(C)(=O)=O)cc3)nc2n1. The second kappa shape index (κ2) is 8.71. The van der Waals surface area contributed by atoms with E-state index >= 15 is 0 Å². The van der Waals surface area contributed by atoms with E-state index in [-0.39, 0.29) is 10.8 Å². The van der Waals surface area contributed by atoms with Crippen LogP contribution >= 0.6 is 11.8 Å². The molecule has 0 bridgehead atoms. The van der Waals surface area contributed by atoms with Crippen molar-refractivity contribution >= 4 is 39.0 Å². The van der Waals surface area contributed by atoms with E-state index in [4.69, 9.17) is 0 Å². The minimum absolute atomic E-state index is 0.201. The van der Waals surface area contributed by atoms with Crippen LogP contribution in [0.4, 0.5) is 5.69 Å². The number of amides is 1. The standard InChI is InChI=1S/C22H21N5O3S2/c1-14-12-15(2)27-21(23-14)25-22(26-27)31-13-16-6-4-5-7-19(16)20(28)24-17-8-10-18(11-9-17)32(3,29)30/h4-12H,13H2,1-3H3,(H,24,28). The van der Waals surface area contributed by atoms with Crippen molar-refractivity contribution in [1.82, 2.24) is 19.6 Å². The van der Waals surface area contributed by atoms with Crippen molar-refractivity contribution < 1.29 is 13.2 Å². The number of hydrogen-bond acceptors (Lipinski definition) is 7. The molecule has 32 heavy (non-hydrogen) atoms. The molecule has 4 aromatic rings. The Labute approximate surface area is 190 Å². The summed E-state index contributed by atoms with van der Waals surface area (Å²) in [5.41, 5.74) is 3.71. The highest BCUT2D eigenvalue weighted by molar-refractivity contribution is 7.98. The Morgan fingerprint density at radius 2 is 1.78 bits per heavy atom. The van der Waals surface area contributed by atoms with Gasteiger partial charge >= 0.3 is 0 Å². The van der Waals surface area contributed by atoms with Crippen LogP contribution in [-0.2, 0) is 15.6 Å². The van der Waals surface area contributed by atoms with Gasteiger partial charge in [0.25, 0.3) is 11.7 Å². The number of carbonyl (C=O) groups is 1. The fourth-order valence-electron chi connectivity index (χ4n) is 3.20. The average Bonchev–Trinajstić information content (AvgIpc) is 3.15. The number of carbonyl (C=O) groups excluding carboxylic acids is 1. The molecule has 0 aliphatic rings. The van der Waals surface area contributed by atoms with Crippen molar-refractivity contribution in [1.29, 1.82) is 0 Å². The van der Waals surface area contributed by atoms with Crippen LogP contribution in [0, 0.1) is 13.8 Å². The van der Waals surface area contributed by atoms with Gasteiger partial charge in [0.2, 0.25) is 5.16 Å². The summed E-state index contributed by atoms with van der Waals surface area (Å²) >= 11 is 1.43. The molecule has 2 heterocycles. The molecule has 0 saturated carbocycles. The quantitative estimate of drug-likeness (QED) is 0.431. The fraction of sp³-hybridized carbons (Fsp3) is 0.182. The molecule has 0 aliphatic heterocycles. The Morgan fingerprint density at radius 3 is 2.50 bits per heavy atom. The van der Waals surface area contributed by atoms with E-state index in [1.807, 2.05) is 32.0 Å². The highest BCUT2D eigenvalue weighted by atomic mass is 32.2. The molecule has 0 atom stereocenters. The summed E-state index contributed by atoms with van der Waals surface area (Å²) in [5, 5.41) is 7.90. The van der Waals surface area contributed by atoms with Crippen LogP contribution in [0.25, 0.3) is 5.78 Å². The summed E-state index contributed by atoms with van der Waals surface area (Å²) in [5.74, 6) is 0.781. The van der Waals surface area contributed by atoms with Crippen LogP contribution in [0.5, 0.6) is 0 Å². The smallest absolute Gasteiger partial charge is 0.255 e. The fourth-order valence-corrected chi connectivity index (χ4v) is 4.66. The van der Waals surface area contributed by atoms with Gasteiger partial charge in [0.05, 0.1) is 4.90 Å². The number of anilines is 1. The Morgan fingerprint density at radius 1 is 1.06 bits per heavy atom. The Hall–Kier alpha value is -3.24. The predicted octanol–water partition coefficient (Wildman–Crippen LogP) is 3.69. The van der Waals surface area contributed by atoms with E-state index in [0.29, 0.717) is 27.9 Å². The van der Waals surface area contributed by atoms with E-state index in [1.54, 1.807) is 28.8 Å². The molecule has 164 valence electrons. The Balaban J connectivity index is 1.50. The summed E-state index contributed by atoms with van der Waals surface area (Å²) in [6.45, 7) is 3.87.